The van der Waals surface area contributed by atoms with Crippen LogP contribution in [0.4, 0.5) is 34.8 Å². The van der Waals surface area contributed by atoms with Crippen LogP contribution in [0, 0.1) is 15.3 Å². The molecule has 0 radical (unpaired) electrons. The van der Waals surface area contributed by atoms with Crippen LogP contribution in [0.25, 0.3) is 0 Å². The molecule has 2 atom stereocenters. The third kappa shape index (κ3) is 2.95. The topological polar surface area (TPSA) is 82.6 Å². The van der Waals surface area contributed by atoms with Gasteiger partial charge in [0.05, 0.1) is 17.2 Å². The summed E-state index contributed by atoms with van der Waals surface area (Å²) in [6.45, 7) is 0. The minimum absolute atomic E-state index is 0.214. The van der Waals surface area contributed by atoms with Gasteiger partial charge >= 0.3 is 0 Å². The Hall–Kier alpha value is -3.11. The van der Waals surface area contributed by atoms with Crippen molar-refractivity contribution < 1.29 is 32.0 Å². The molecule has 1 aromatic carbocycles. The summed E-state index contributed by atoms with van der Waals surface area (Å²) in [6.07, 6.45) is -7.82. The van der Waals surface area contributed by atoms with E-state index in [9.17, 15) is 32.9 Å². The summed E-state index contributed by atoms with van der Waals surface area (Å²) in [5, 5.41) is 23.1. The van der Waals surface area contributed by atoms with Gasteiger partial charge in [-0.05, 0) is 12.1 Å². The van der Waals surface area contributed by atoms with E-state index in [1.54, 1.807) is 0 Å². The first kappa shape index (κ1) is 17.7. The zero-order chi connectivity index (χ0) is 19.0. The number of anilines is 2. The summed E-state index contributed by atoms with van der Waals surface area (Å²) in [4.78, 5) is 10.9. The van der Waals surface area contributed by atoms with E-state index in [1.165, 1.54) is 12.1 Å². The van der Waals surface area contributed by atoms with Crippen molar-refractivity contribution in [1.29, 1.82) is 0 Å². The lowest BCUT2D eigenvalue weighted by Gasteiger charge is -2.37. The van der Waals surface area contributed by atoms with Gasteiger partial charge in [0.2, 0.25) is 12.1 Å². The molecule has 0 saturated heterocycles. The van der Waals surface area contributed by atoms with Crippen LogP contribution < -0.4 is 14.4 Å². The highest BCUT2D eigenvalue weighted by Gasteiger charge is 2.52. The molecule has 2 heterocycles. The monoisotopic (exact) mass is 373 g/mol. The second-order valence-electron chi connectivity index (χ2n) is 5.41. The van der Waals surface area contributed by atoms with Crippen LogP contribution in [-0.2, 0) is 0 Å². The van der Waals surface area contributed by atoms with E-state index in [2.05, 4.69) is 0 Å². The standard InChI is InChI=1S/C15H11F4N3O4/c16-14(17)12-13(15(18)19)26-10-5-4-8(22(24)25)7-9(10)21(12)11-3-1-2-6-20(11)23/h1-7,12-15H. The lowest BCUT2D eigenvalue weighted by atomic mass is 10.0. The third-order valence-electron chi connectivity index (χ3n) is 3.87. The number of nitro groups is 1. The molecule has 0 saturated carbocycles. The number of fused-ring (bicyclic) bond motifs is 1. The maximum atomic E-state index is 13.7. The fourth-order valence-corrected chi connectivity index (χ4v) is 2.77. The van der Waals surface area contributed by atoms with E-state index in [-0.39, 0.29) is 22.0 Å². The number of non-ortho nitro benzene ring substituents is 1. The van der Waals surface area contributed by atoms with Gasteiger partial charge in [0, 0.05) is 12.1 Å². The number of halogens is 4. The van der Waals surface area contributed by atoms with Gasteiger partial charge in [-0.2, -0.15) is 0 Å². The smallest absolute Gasteiger partial charge is 0.285 e. The normalized spacial score (nSPS) is 19.4. The lowest BCUT2D eigenvalue weighted by molar-refractivity contribution is -0.592. The first-order valence-corrected chi connectivity index (χ1v) is 7.30. The van der Waals surface area contributed by atoms with E-state index in [0.717, 1.165) is 30.5 Å². The Labute approximate surface area is 143 Å². The number of alkyl halides is 4. The van der Waals surface area contributed by atoms with Crippen LogP contribution in [0.5, 0.6) is 5.75 Å². The van der Waals surface area contributed by atoms with E-state index >= 15 is 0 Å². The van der Waals surface area contributed by atoms with Crippen LogP contribution in [0.3, 0.4) is 0 Å². The molecule has 26 heavy (non-hydrogen) atoms. The number of hydrogen-bond acceptors (Lipinski definition) is 5. The molecule has 2 unspecified atom stereocenters. The van der Waals surface area contributed by atoms with Crippen LogP contribution in [0.2, 0.25) is 0 Å². The van der Waals surface area contributed by atoms with Crippen molar-refractivity contribution in [2.75, 3.05) is 4.90 Å². The van der Waals surface area contributed by atoms with Crippen LogP contribution in [0.15, 0.2) is 42.6 Å². The van der Waals surface area contributed by atoms with Crippen LogP contribution >= 0.6 is 0 Å². The average Bonchev–Trinajstić information content (AvgIpc) is 2.59. The molecule has 0 bridgehead atoms. The van der Waals surface area contributed by atoms with Gasteiger partial charge in [-0.3, -0.25) is 10.1 Å². The SMILES string of the molecule is O=[N+]([O-])c1ccc2c(c1)N(c1cccc[n+]1[O-])C(C(F)F)C(C(F)F)O2. The van der Waals surface area contributed by atoms with E-state index in [4.69, 9.17) is 4.74 Å². The molecule has 2 aromatic rings. The van der Waals surface area contributed by atoms with Gasteiger partial charge in [0.25, 0.3) is 24.4 Å². The van der Waals surface area contributed by atoms with E-state index < -0.39 is 35.6 Å². The first-order chi connectivity index (χ1) is 12.3. The molecule has 3 rings (SSSR count). The van der Waals surface area contributed by atoms with Gasteiger partial charge in [-0.1, -0.05) is 6.07 Å². The van der Waals surface area contributed by atoms with Crippen molar-refractivity contribution in [3.63, 3.8) is 0 Å². The Bertz CT molecular complexity index is 836. The second kappa shape index (κ2) is 6.65. The van der Waals surface area contributed by atoms with Crippen molar-refractivity contribution in [2.24, 2.45) is 0 Å². The maximum absolute atomic E-state index is 13.7. The summed E-state index contributed by atoms with van der Waals surface area (Å²) < 4.78 is 59.2. The largest absolute Gasteiger partial charge is 0.711 e. The Morgan fingerprint density at radius 3 is 2.46 bits per heavy atom. The first-order valence-electron chi connectivity index (χ1n) is 7.30. The van der Waals surface area contributed by atoms with Gasteiger partial charge in [-0.15, -0.1) is 0 Å². The molecule has 11 heteroatoms. The van der Waals surface area contributed by atoms with Gasteiger partial charge in [0.15, 0.2) is 11.4 Å². The number of pyridine rings is 1. The zero-order valence-corrected chi connectivity index (χ0v) is 12.8. The minimum Gasteiger partial charge on any atom is -0.711 e. The van der Waals surface area contributed by atoms with Crippen molar-refractivity contribution in [3.05, 3.63) is 57.9 Å². The molecule has 1 aliphatic heterocycles. The molecule has 0 N–H and O–H groups in total. The zero-order valence-electron chi connectivity index (χ0n) is 12.8. The van der Waals surface area contributed by atoms with E-state index in [1.807, 2.05) is 0 Å². The molecule has 0 fully saturated rings. The molecular formula is C15H11F4N3O4. The molecule has 138 valence electrons. The number of rotatable bonds is 4. The van der Waals surface area contributed by atoms with Crippen LogP contribution in [0.1, 0.15) is 0 Å². The van der Waals surface area contributed by atoms with Crippen LogP contribution in [-0.4, -0.2) is 29.9 Å². The van der Waals surface area contributed by atoms with E-state index in [0.29, 0.717) is 4.90 Å². The lowest BCUT2D eigenvalue weighted by Crippen LogP contribution is -2.57. The fourth-order valence-electron chi connectivity index (χ4n) is 2.77. The summed E-state index contributed by atoms with van der Waals surface area (Å²) in [7, 11) is 0. The highest BCUT2D eigenvalue weighted by atomic mass is 19.3. The quantitative estimate of drug-likeness (QED) is 0.271. The summed E-state index contributed by atoms with van der Waals surface area (Å²) in [5.41, 5.74) is -0.730. The highest BCUT2D eigenvalue weighted by molar-refractivity contribution is 5.71. The highest BCUT2D eigenvalue weighted by Crippen LogP contribution is 2.44. The van der Waals surface area contributed by atoms with Gasteiger partial charge in [-0.25, -0.2) is 27.2 Å². The fraction of sp³-hybridized carbons (Fsp3) is 0.267. The van der Waals surface area contributed by atoms with Gasteiger partial charge < -0.3 is 9.94 Å². The third-order valence-corrected chi connectivity index (χ3v) is 3.87. The van der Waals surface area contributed by atoms with Crippen molar-refractivity contribution >= 4 is 17.2 Å². The number of ether oxygens (including phenoxy) is 1. The van der Waals surface area contributed by atoms with Crippen molar-refractivity contribution in [2.45, 2.75) is 25.0 Å². The predicted molar refractivity (Wildman–Crippen MR) is 80.8 cm³/mol. The predicted octanol–water partition coefficient (Wildman–Crippen LogP) is 3.03. The average molecular weight is 373 g/mol. The molecule has 0 aliphatic carbocycles. The Morgan fingerprint density at radius 2 is 1.88 bits per heavy atom. The molecule has 0 spiro atoms. The molecular weight excluding hydrogens is 362 g/mol. The number of nitro benzene ring substituents is 1. The molecule has 1 aromatic heterocycles. The molecule has 1 aliphatic rings. The molecule has 7 nitrogen and oxygen atoms in total. The van der Waals surface area contributed by atoms with Crippen molar-refractivity contribution in [1.82, 2.24) is 0 Å². The van der Waals surface area contributed by atoms with Gasteiger partial charge in [0.1, 0.15) is 0 Å². The Morgan fingerprint density at radius 1 is 1.15 bits per heavy atom. The molecule has 0 amide bonds. The number of hydrogen-bond donors (Lipinski definition) is 0. The minimum atomic E-state index is -3.32. The second-order valence-corrected chi connectivity index (χ2v) is 5.41. The Balaban J connectivity index is 2.26. The Kier molecular flexibility index (Phi) is 4.53. The number of benzene rings is 1. The summed E-state index contributed by atoms with van der Waals surface area (Å²) in [6, 6.07) is 4.56. The summed E-state index contributed by atoms with van der Waals surface area (Å²) in [5.74, 6) is -0.643. The number of aromatic nitrogens is 1. The summed E-state index contributed by atoms with van der Waals surface area (Å²) >= 11 is 0. The maximum Gasteiger partial charge on any atom is 0.285 e. The van der Waals surface area contributed by atoms with Crippen molar-refractivity contribution in [3.8, 4) is 5.75 Å². The number of nitrogens with zero attached hydrogens (tertiary/aromatic N) is 3.